The van der Waals surface area contributed by atoms with Crippen LogP contribution in [0, 0.1) is 0 Å². The highest BCUT2D eigenvalue weighted by molar-refractivity contribution is 6.35. The van der Waals surface area contributed by atoms with Gasteiger partial charge in [-0.25, -0.2) is 10.2 Å². The molecule has 0 bridgehead atoms. The zero-order valence-electron chi connectivity index (χ0n) is 21.0. The standard InChI is InChI=1S/C27H26Cl2N2O7/c1-34-22-10-7-18(14-25(22)36-3)27(33)38-23-9-6-17(13-24(23)35-2)16-30-31-26(32)5-4-12-37-21-11-8-19(28)15-20(21)29/h6-11,13-16H,4-5,12H2,1-3H3,(H,31,32). The van der Waals surface area contributed by atoms with Crippen LogP contribution in [0.5, 0.6) is 28.7 Å². The molecule has 3 aromatic carbocycles. The minimum absolute atomic E-state index is 0.205. The minimum Gasteiger partial charge on any atom is -0.493 e. The fourth-order valence-corrected chi connectivity index (χ4v) is 3.68. The zero-order valence-corrected chi connectivity index (χ0v) is 22.5. The van der Waals surface area contributed by atoms with Crippen LogP contribution in [-0.2, 0) is 4.79 Å². The molecule has 200 valence electrons. The highest BCUT2D eigenvalue weighted by Crippen LogP contribution is 2.31. The van der Waals surface area contributed by atoms with Gasteiger partial charge in [0, 0.05) is 11.4 Å². The molecule has 0 fully saturated rings. The van der Waals surface area contributed by atoms with Gasteiger partial charge >= 0.3 is 5.97 Å². The van der Waals surface area contributed by atoms with Gasteiger partial charge in [-0.1, -0.05) is 23.2 Å². The van der Waals surface area contributed by atoms with Gasteiger partial charge in [0.15, 0.2) is 23.0 Å². The van der Waals surface area contributed by atoms with Gasteiger partial charge in [0.2, 0.25) is 5.91 Å². The number of carbonyl (C=O) groups excluding carboxylic acids is 2. The van der Waals surface area contributed by atoms with Gasteiger partial charge in [0.1, 0.15) is 5.75 Å². The summed E-state index contributed by atoms with van der Waals surface area (Å²) in [7, 11) is 4.44. The second-order valence-corrected chi connectivity index (χ2v) is 8.53. The van der Waals surface area contributed by atoms with E-state index in [0.717, 1.165) is 0 Å². The lowest BCUT2D eigenvalue weighted by Crippen LogP contribution is -2.18. The first-order valence-corrected chi connectivity index (χ1v) is 12.1. The van der Waals surface area contributed by atoms with Gasteiger partial charge in [-0.3, -0.25) is 4.79 Å². The third-order valence-electron chi connectivity index (χ3n) is 5.11. The maximum atomic E-state index is 12.6. The van der Waals surface area contributed by atoms with Crippen molar-refractivity contribution >= 4 is 41.3 Å². The molecule has 0 aliphatic heterocycles. The van der Waals surface area contributed by atoms with Crippen LogP contribution in [0.4, 0.5) is 0 Å². The van der Waals surface area contributed by atoms with Crippen LogP contribution in [0.1, 0.15) is 28.8 Å². The predicted octanol–water partition coefficient (Wildman–Crippen LogP) is 5.55. The summed E-state index contributed by atoms with van der Waals surface area (Å²) in [6.07, 6.45) is 2.12. The van der Waals surface area contributed by atoms with E-state index in [-0.39, 0.29) is 23.6 Å². The molecule has 0 heterocycles. The summed E-state index contributed by atoms with van der Waals surface area (Å²) in [6, 6.07) is 14.5. The Morgan fingerprint density at radius 1 is 0.842 bits per heavy atom. The maximum Gasteiger partial charge on any atom is 0.343 e. The van der Waals surface area contributed by atoms with Crippen molar-refractivity contribution in [1.29, 1.82) is 0 Å². The summed E-state index contributed by atoms with van der Waals surface area (Å²) in [6.45, 7) is 0.305. The molecule has 0 spiro atoms. The number of esters is 1. The van der Waals surface area contributed by atoms with E-state index in [1.165, 1.54) is 33.6 Å². The molecule has 0 aliphatic rings. The maximum absolute atomic E-state index is 12.6. The van der Waals surface area contributed by atoms with Gasteiger partial charge in [0.25, 0.3) is 0 Å². The highest BCUT2D eigenvalue weighted by Gasteiger charge is 2.15. The third-order valence-corrected chi connectivity index (χ3v) is 5.64. The Morgan fingerprint density at radius 3 is 2.24 bits per heavy atom. The van der Waals surface area contributed by atoms with Gasteiger partial charge in [-0.05, 0) is 66.6 Å². The van der Waals surface area contributed by atoms with E-state index in [9.17, 15) is 9.59 Å². The predicted molar refractivity (Wildman–Crippen MR) is 144 cm³/mol. The first kappa shape index (κ1) is 28.6. The second-order valence-electron chi connectivity index (χ2n) is 7.69. The van der Waals surface area contributed by atoms with Crippen LogP contribution >= 0.6 is 23.2 Å². The monoisotopic (exact) mass is 560 g/mol. The lowest BCUT2D eigenvalue weighted by atomic mass is 10.2. The molecule has 3 rings (SSSR count). The molecule has 0 atom stereocenters. The topological polar surface area (TPSA) is 105 Å². The number of hydrogen-bond acceptors (Lipinski definition) is 8. The molecule has 11 heteroatoms. The van der Waals surface area contributed by atoms with Crippen LogP contribution in [0.3, 0.4) is 0 Å². The lowest BCUT2D eigenvalue weighted by molar-refractivity contribution is -0.121. The molecule has 0 aromatic heterocycles. The summed E-state index contributed by atoms with van der Waals surface area (Å²) < 4.78 is 26.8. The third kappa shape index (κ3) is 8.03. The quantitative estimate of drug-likeness (QED) is 0.102. The minimum atomic E-state index is -0.597. The number of halogens is 2. The number of hydrogen-bond donors (Lipinski definition) is 1. The molecule has 0 aliphatic carbocycles. The van der Waals surface area contributed by atoms with E-state index in [2.05, 4.69) is 10.5 Å². The van der Waals surface area contributed by atoms with Gasteiger partial charge in [-0.2, -0.15) is 5.10 Å². The molecule has 1 amide bonds. The Labute approximate surface area is 230 Å². The van der Waals surface area contributed by atoms with Crippen molar-refractivity contribution in [3.63, 3.8) is 0 Å². The normalized spacial score (nSPS) is 10.7. The molecule has 0 unspecified atom stereocenters. The van der Waals surface area contributed by atoms with E-state index in [1.807, 2.05) is 0 Å². The van der Waals surface area contributed by atoms with Crippen LogP contribution in [-0.4, -0.2) is 46.0 Å². The number of amides is 1. The fraction of sp³-hybridized carbons (Fsp3) is 0.222. The fourth-order valence-electron chi connectivity index (χ4n) is 3.21. The van der Waals surface area contributed by atoms with E-state index >= 15 is 0 Å². The molecule has 38 heavy (non-hydrogen) atoms. The van der Waals surface area contributed by atoms with Crippen molar-refractivity contribution in [2.45, 2.75) is 12.8 Å². The second kappa shape index (κ2) is 14.1. The van der Waals surface area contributed by atoms with Gasteiger partial charge in [-0.15, -0.1) is 0 Å². The van der Waals surface area contributed by atoms with Crippen LogP contribution in [0.15, 0.2) is 59.7 Å². The number of benzene rings is 3. The first-order chi connectivity index (χ1) is 18.3. The average Bonchev–Trinajstić information content (AvgIpc) is 2.92. The largest absolute Gasteiger partial charge is 0.493 e. The van der Waals surface area contributed by atoms with Crippen LogP contribution in [0.25, 0.3) is 0 Å². The number of hydrazone groups is 1. The van der Waals surface area contributed by atoms with Crippen molar-refractivity contribution in [1.82, 2.24) is 5.43 Å². The molecule has 1 N–H and O–H groups in total. The number of nitrogens with one attached hydrogen (secondary N) is 1. The SMILES string of the molecule is COc1ccc(C(=O)Oc2ccc(C=NNC(=O)CCCOc3ccc(Cl)cc3Cl)cc2OC)cc1OC. The summed E-state index contributed by atoms with van der Waals surface area (Å²) in [4.78, 5) is 24.7. The smallest absolute Gasteiger partial charge is 0.343 e. The summed E-state index contributed by atoms with van der Waals surface area (Å²) in [5.74, 6) is 1.05. The summed E-state index contributed by atoms with van der Waals surface area (Å²) >= 11 is 11.9. The number of methoxy groups -OCH3 is 3. The number of nitrogens with zero attached hydrogens (tertiary/aromatic N) is 1. The van der Waals surface area contributed by atoms with E-state index < -0.39 is 5.97 Å². The van der Waals surface area contributed by atoms with Crippen molar-refractivity contribution in [2.24, 2.45) is 5.10 Å². The molecular weight excluding hydrogens is 535 g/mol. The number of carbonyl (C=O) groups is 2. The molecular formula is C27H26Cl2N2O7. The molecule has 0 saturated carbocycles. The van der Waals surface area contributed by atoms with Crippen molar-refractivity contribution < 1.29 is 33.3 Å². The molecule has 0 saturated heterocycles. The average molecular weight is 561 g/mol. The molecule has 9 nitrogen and oxygen atoms in total. The van der Waals surface area contributed by atoms with Crippen molar-refractivity contribution in [3.8, 4) is 28.7 Å². The number of rotatable bonds is 12. The molecule has 0 radical (unpaired) electrons. The Kier molecular flexibility index (Phi) is 10.6. The van der Waals surface area contributed by atoms with E-state index in [0.29, 0.717) is 51.6 Å². The Balaban J connectivity index is 1.51. The molecule has 3 aromatic rings. The van der Waals surface area contributed by atoms with Crippen LogP contribution in [0.2, 0.25) is 10.0 Å². The van der Waals surface area contributed by atoms with E-state index in [4.69, 9.17) is 46.9 Å². The van der Waals surface area contributed by atoms with Gasteiger partial charge < -0.3 is 23.7 Å². The Hall–Kier alpha value is -3.95. The van der Waals surface area contributed by atoms with E-state index in [1.54, 1.807) is 48.5 Å². The Morgan fingerprint density at radius 2 is 1.53 bits per heavy atom. The van der Waals surface area contributed by atoms with Crippen LogP contribution < -0.4 is 29.1 Å². The van der Waals surface area contributed by atoms with Crippen molar-refractivity contribution in [3.05, 3.63) is 75.8 Å². The zero-order chi connectivity index (χ0) is 27.5. The summed E-state index contributed by atoms with van der Waals surface area (Å²) in [5, 5.41) is 4.88. The summed E-state index contributed by atoms with van der Waals surface area (Å²) in [5.41, 5.74) is 3.35. The van der Waals surface area contributed by atoms with Gasteiger partial charge in [0.05, 0.1) is 44.7 Å². The lowest BCUT2D eigenvalue weighted by Gasteiger charge is -2.11. The highest BCUT2D eigenvalue weighted by atomic mass is 35.5. The Bertz CT molecular complexity index is 1310. The first-order valence-electron chi connectivity index (χ1n) is 11.4. The number of ether oxygens (including phenoxy) is 5. The van der Waals surface area contributed by atoms with Crippen molar-refractivity contribution in [2.75, 3.05) is 27.9 Å².